The number of nitrogens with two attached hydrogens (primary N) is 1. The van der Waals surface area contributed by atoms with Crippen LogP contribution in [0.5, 0.6) is 0 Å². The van der Waals surface area contributed by atoms with Gasteiger partial charge in [0.1, 0.15) is 11.3 Å². The van der Waals surface area contributed by atoms with E-state index in [1.165, 1.54) is 6.20 Å². The first-order valence-electron chi connectivity index (χ1n) is 4.85. The Labute approximate surface area is 103 Å². The van der Waals surface area contributed by atoms with Crippen molar-refractivity contribution < 1.29 is 9.32 Å². The monoisotopic (exact) mass is 251 g/mol. The molecule has 5 nitrogen and oxygen atoms in total. The van der Waals surface area contributed by atoms with Crippen molar-refractivity contribution in [1.29, 1.82) is 0 Å². The molecule has 2 aromatic rings. The van der Waals surface area contributed by atoms with Crippen molar-refractivity contribution in [1.82, 2.24) is 5.16 Å². The fourth-order valence-electron chi connectivity index (χ4n) is 1.34. The van der Waals surface area contributed by atoms with Crippen molar-refractivity contribution in [2.24, 2.45) is 0 Å². The number of carbonyl (C=O) groups is 1. The van der Waals surface area contributed by atoms with E-state index in [4.69, 9.17) is 21.9 Å². The van der Waals surface area contributed by atoms with E-state index < -0.39 is 0 Å². The summed E-state index contributed by atoms with van der Waals surface area (Å²) in [6, 6.07) is 4.87. The minimum Gasteiger partial charge on any atom is -0.397 e. The Kier molecular flexibility index (Phi) is 3.01. The summed E-state index contributed by atoms with van der Waals surface area (Å²) >= 11 is 5.78. The highest BCUT2D eigenvalue weighted by atomic mass is 35.5. The Balaban J connectivity index is 2.19. The summed E-state index contributed by atoms with van der Waals surface area (Å²) in [5, 5.41) is 6.66. The molecule has 0 radical (unpaired) electrons. The van der Waals surface area contributed by atoms with Gasteiger partial charge < -0.3 is 15.6 Å². The van der Waals surface area contributed by atoms with Crippen molar-refractivity contribution in [2.75, 3.05) is 11.1 Å². The van der Waals surface area contributed by atoms with E-state index >= 15 is 0 Å². The van der Waals surface area contributed by atoms with Crippen molar-refractivity contribution in [3.63, 3.8) is 0 Å². The molecular formula is C11H10ClN3O2. The fourth-order valence-corrected chi connectivity index (χ4v) is 1.45. The largest absolute Gasteiger partial charge is 0.397 e. The molecule has 0 aliphatic carbocycles. The lowest BCUT2D eigenvalue weighted by atomic mass is 10.2. The number of nitrogens with zero attached hydrogens (tertiary/aromatic N) is 1. The molecule has 1 aromatic carbocycles. The maximum Gasteiger partial charge on any atom is 0.260 e. The number of nitrogens with one attached hydrogen (secondary N) is 1. The van der Waals surface area contributed by atoms with Gasteiger partial charge in [0.15, 0.2) is 0 Å². The molecule has 6 heteroatoms. The summed E-state index contributed by atoms with van der Waals surface area (Å²) in [5.74, 6) is 0.162. The molecular weight excluding hydrogens is 242 g/mol. The predicted molar refractivity (Wildman–Crippen MR) is 65.1 cm³/mol. The molecule has 3 N–H and O–H groups in total. The topological polar surface area (TPSA) is 81.2 Å². The number of hydrogen-bond acceptors (Lipinski definition) is 4. The van der Waals surface area contributed by atoms with Gasteiger partial charge in [-0.3, -0.25) is 4.79 Å². The molecule has 0 fully saturated rings. The van der Waals surface area contributed by atoms with Gasteiger partial charge in [-0.1, -0.05) is 16.8 Å². The molecule has 2 rings (SSSR count). The number of nitrogen functional groups attached to an aromatic ring is 1. The summed E-state index contributed by atoms with van der Waals surface area (Å²) in [7, 11) is 0. The zero-order valence-electron chi connectivity index (χ0n) is 9.03. The van der Waals surface area contributed by atoms with E-state index in [9.17, 15) is 4.79 Å². The van der Waals surface area contributed by atoms with E-state index in [2.05, 4.69) is 10.5 Å². The molecule has 1 aromatic heterocycles. The fraction of sp³-hybridized carbons (Fsp3) is 0.0909. The number of anilines is 2. The van der Waals surface area contributed by atoms with E-state index in [0.717, 1.165) is 0 Å². The lowest BCUT2D eigenvalue weighted by Gasteiger charge is -2.05. The summed E-state index contributed by atoms with van der Waals surface area (Å²) in [6.45, 7) is 1.66. The van der Waals surface area contributed by atoms with Crippen LogP contribution in [0.1, 0.15) is 16.1 Å². The van der Waals surface area contributed by atoms with Crippen molar-refractivity contribution >= 4 is 28.9 Å². The van der Waals surface area contributed by atoms with Crippen LogP contribution in [-0.2, 0) is 0 Å². The maximum atomic E-state index is 11.8. The van der Waals surface area contributed by atoms with Crippen LogP contribution < -0.4 is 11.1 Å². The lowest BCUT2D eigenvalue weighted by Crippen LogP contribution is -2.12. The van der Waals surface area contributed by atoms with Gasteiger partial charge in [0, 0.05) is 5.69 Å². The van der Waals surface area contributed by atoms with Crippen LogP contribution in [0, 0.1) is 6.92 Å². The highest BCUT2D eigenvalue weighted by Crippen LogP contribution is 2.22. The average molecular weight is 252 g/mol. The molecule has 0 atom stereocenters. The van der Waals surface area contributed by atoms with E-state index in [1.54, 1.807) is 25.1 Å². The minimum absolute atomic E-state index is 0.300. The first kappa shape index (κ1) is 11.5. The molecule has 88 valence electrons. The Morgan fingerprint density at radius 3 is 2.88 bits per heavy atom. The van der Waals surface area contributed by atoms with Crippen LogP contribution in [0.2, 0.25) is 5.02 Å². The zero-order chi connectivity index (χ0) is 12.4. The van der Waals surface area contributed by atoms with Gasteiger partial charge in [-0.25, -0.2) is 0 Å². The number of halogens is 1. The number of hydrogen-bond donors (Lipinski definition) is 2. The van der Waals surface area contributed by atoms with Gasteiger partial charge in [-0.15, -0.1) is 0 Å². The second kappa shape index (κ2) is 4.47. The molecule has 0 bridgehead atoms. The molecule has 0 aliphatic heterocycles. The molecule has 0 saturated carbocycles. The first-order chi connectivity index (χ1) is 8.08. The minimum atomic E-state index is -0.300. The molecule has 0 spiro atoms. The number of carbonyl (C=O) groups excluding carboxylic acids is 1. The lowest BCUT2D eigenvalue weighted by molar-refractivity contribution is 0.102. The number of rotatable bonds is 2. The highest BCUT2D eigenvalue weighted by Gasteiger charge is 2.13. The Hall–Kier alpha value is -2.01. The Bertz CT molecular complexity index is 566. The van der Waals surface area contributed by atoms with Gasteiger partial charge in [-0.05, 0) is 25.1 Å². The van der Waals surface area contributed by atoms with Gasteiger partial charge in [0.25, 0.3) is 5.91 Å². The molecule has 0 aliphatic rings. The first-order valence-corrected chi connectivity index (χ1v) is 5.23. The SMILES string of the molecule is Cc1oncc1C(=O)Nc1ccc(Cl)c(N)c1. The maximum absolute atomic E-state index is 11.8. The summed E-state index contributed by atoms with van der Waals surface area (Å²) in [5.41, 5.74) is 6.99. The van der Waals surface area contributed by atoms with Crippen molar-refractivity contribution in [3.8, 4) is 0 Å². The van der Waals surface area contributed by atoms with Gasteiger partial charge >= 0.3 is 0 Å². The zero-order valence-corrected chi connectivity index (χ0v) is 9.78. The molecule has 0 unspecified atom stereocenters. The summed E-state index contributed by atoms with van der Waals surface area (Å²) in [4.78, 5) is 11.8. The third-order valence-electron chi connectivity index (χ3n) is 2.25. The van der Waals surface area contributed by atoms with Crippen LogP contribution in [-0.4, -0.2) is 11.1 Å². The predicted octanol–water partition coefficient (Wildman–Crippen LogP) is 2.47. The molecule has 17 heavy (non-hydrogen) atoms. The molecule has 1 amide bonds. The second-order valence-electron chi connectivity index (χ2n) is 3.49. The van der Waals surface area contributed by atoms with E-state index in [1.807, 2.05) is 0 Å². The van der Waals surface area contributed by atoms with Crippen LogP contribution >= 0.6 is 11.6 Å². The van der Waals surface area contributed by atoms with Gasteiger partial charge in [-0.2, -0.15) is 0 Å². The normalized spacial score (nSPS) is 10.2. The Morgan fingerprint density at radius 1 is 1.53 bits per heavy atom. The Morgan fingerprint density at radius 2 is 2.29 bits per heavy atom. The number of aromatic nitrogens is 1. The van der Waals surface area contributed by atoms with Crippen LogP contribution in [0.4, 0.5) is 11.4 Å². The number of amides is 1. The van der Waals surface area contributed by atoms with E-state index in [0.29, 0.717) is 27.7 Å². The van der Waals surface area contributed by atoms with Crippen LogP contribution in [0.15, 0.2) is 28.9 Å². The van der Waals surface area contributed by atoms with Crippen molar-refractivity contribution in [2.45, 2.75) is 6.92 Å². The van der Waals surface area contributed by atoms with Crippen LogP contribution in [0.25, 0.3) is 0 Å². The number of aryl methyl sites for hydroxylation is 1. The van der Waals surface area contributed by atoms with Crippen LogP contribution in [0.3, 0.4) is 0 Å². The smallest absolute Gasteiger partial charge is 0.260 e. The van der Waals surface area contributed by atoms with E-state index in [-0.39, 0.29) is 5.91 Å². The quantitative estimate of drug-likeness (QED) is 0.804. The summed E-state index contributed by atoms with van der Waals surface area (Å²) in [6.07, 6.45) is 1.37. The highest BCUT2D eigenvalue weighted by molar-refractivity contribution is 6.33. The standard InChI is InChI=1S/C11H10ClN3O2/c1-6-8(5-14-17-6)11(16)15-7-2-3-9(12)10(13)4-7/h2-5H,13H2,1H3,(H,15,16). The number of benzene rings is 1. The third kappa shape index (κ3) is 2.39. The molecule has 1 heterocycles. The van der Waals surface area contributed by atoms with Gasteiger partial charge in [0.2, 0.25) is 0 Å². The summed E-state index contributed by atoms with van der Waals surface area (Å²) < 4.78 is 4.81. The molecule has 0 saturated heterocycles. The third-order valence-corrected chi connectivity index (χ3v) is 2.59. The second-order valence-corrected chi connectivity index (χ2v) is 3.89. The average Bonchev–Trinajstić information content (AvgIpc) is 2.70. The van der Waals surface area contributed by atoms with Crippen molar-refractivity contribution in [3.05, 3.63) is 40.7 Å². The van der Waals surface area contributed by atoms with Gasteiger partial charge in [0.05, 0.1) is 16.9 Å².